The first kappa shape index (κ1) is 13.4. The first-order valence-corrected chi connectivity index (χ1v) is 8.43. The minimum Gasteiger partial charge on any atom is -0.306 e. The molecule has 2 nitrogen and oxygen atoms in total. The van der Waals surface area contributed by atoms with Gasteiger partial charge in [-0.3, -0.25) is 0 Å². The summed E-state index contributed by atoms with van der Waals surface area (Å²) in [7, 11) is 0. The van der Waals surface area contributed by atoms with Gasteiger partial charge in [0.1, 0.15) is 0 Å². The van der Waals surface area contributed by atoms with Gasteiger partial charge in [0.05, 0.1) is 10.7 Å². The molecule has 0 amide bonds. The molecule has 0 bridgehead atoms. The van der Waals surface area contributed by atoms with Crippen LogP contribution in [-0.4, -0.2) is 22.5 Å². The first-order chi connectivity index (χ1) is 8.10. The number of nitrogens with zero attached hydrogens (tertiary/aromatic N) is 1. The van der Waals surface area contributed by atoms with Crippen molar-refractivity contribution in [1.82, 2.24) is 10.3 Å². The Kier molecular flexibility index (Phi) is 4.50. The van der Waals surface area contributed by atoms with E-state index in [1.807, 2.05) is 11.8 Å². The van der Waals surface area contributed by atoms with Crippen LogP contribution in [0.4, 0.5) is 0 Å². The van der Waals surface area contributed by atoms with Crippen molar-refractivity contribution in [1.29, 1.82) is 0 Å². The van der Waals surface area contributed by atoms with Crippen molar-refractivity contribution < 1.29 is 0 Å². The summed E-state index contributed by atoms with van der Waals surface area (Å²) in [6.07, 6.45) is 6.22. The minimum absolute atomic E-state index is 0.394. The van der Waals surface area contributed by atoms with Crippen LogP contribution in [0.2, 0.25) is 0 Å². The van der Waals surface area contributed by atoms with E-state index in [1.165, 1.54) is 34.8 Å². The molecule has 1 aliphatic carbocycles. The largest absolute Gasteiger partial charge is 0.306 e. The molecule has 0 spiro atoms. The predicted octanol–water partition coefficient (Wildman–Crippen LogP) is 3.69. The molecule has 4 heteroatoms. The monoisotopic (exact) mass is 270 g/mol. The zero-order chi connectivity index (χ0) is 12.4. The van der Waals surface area contributed by atoms with Gasteiger partial charge in [-0.15, -0.1) is 11.3 Å². The second-order valence-corrected chi connectivity index (χ2v) is 7.48. The van der Waals surface area contributed by atoms with Crippen LogP contribution in [0, 0.1) is 13.8 Å². The predicted molar refractivity (Wildman–Crippen MR) is 78.1 cm³/mol. The van der Waals surface area contributed by atoms with Crippen LogP contribution in [0.1, 0.15) is 47.8 Å². The van der Waals surface area contributed by atoms with E-state index >= 15 is 0 Å². The number of aryl methyl sites for hydroxylation is 2. The lowest BCUT2D eigenvalue weighted by molar-refractivity contribution is 0.455. The zero-order valence-corrected chi connectivity index (χ0v) is 12.8. The van der Waals surface area contributed by atoms with Crippen molar-refractivity contribution in [2.75, 3.05) is 6.26 Å². The molecular formula is C13H22N2S2. The molecule has 96 valence electrons. The van der Waals surface area contributed by atoms with Gasteiger partial charge in [0.25, 0.3) is 0 Å². The Morgan fingerprint density at radius 3 is 2.71 bits per heavy atom. The Hall–Kier alpha value is -0.0600. The minimum atomic E-state index is 0.394. The molecule has 17 heavy (non-hydrogen) atoms. The average molecular weight is 270 g/mol. The number of thiazole rings is 1. The van der Waals surface area contributed by atoms with Crippen LogP contribution in [0.15, 0.2) is 0 Å². The fourth-order valence-corrected chi connectivity index (χ4v) is 4.40. The van der Waals surface area contributed by atoms with Gasteiger partial charge in [0.2, 0.25) is 0 Å². The number of nitrogens with one attached hydrogen (secondary N) is 1. The van der Waals surface area contributed by atoms with E-state index in [4.69, 9.17) is 0 Å². The fraction of sp³-hybridized carbons (Fsp3) is 0.769. The third-order valence-corrected chi connectivity index (χ3v) is 5.55. The number of aromatic nitrogens is 1. The Morgan fingerprint density at radius 1 is 1.41 bits per heavy atom. The molecule has 0 aromatic carbocycles. The van der Waals surface area contributed by atoms with Gasteiger partial charge < -0.3 is 5.32 Å². The molecular weight excluding hydrogens is 248 g/mol. The second-order valence-electron chi connectivity index (χ2n) is 4.93. The molecule has 1 fully saturated rings. The highest BCUT2D eigenvalue weighted by molar-refractivity contribution is 7.99. The summed E-state index contributed by atoms with van der Waals surface area (Å²) < 4.78 is 0. The van der Waals surface area contributed by atoms with Crippen LogP contribution in [0.5, 0.6) is 0 Å². The highest BCUT2D eigenvalue weighted by Gasteiger charge is 2.26. The van der Waals surface area contributed by atoms with Gasteiger partial charge in [0.15, 0.2) is 0 Å². The van der Waals surface area contributed by atoms with Crippen LogP contribution in [0.3, 0.4) is 0 Å². The molecule has 3 atom stereocenters. The highest BCUT2D eigenvalue weighted by atomic mass is 32.2. The van der Waals surface area contributed by atoms with Gasteiger partial charge >= 0.3 is 0 Å². The molecule has 1 aliphatic rings. The molecule has 0 radical (unpaired) electrons. The van der Waals surface area contributed by atoms with Gasteiger partial charge in [0, 0.05) is 22.2 Å². The lowest BCUT2D eigenvalue weighted by Crippen LogP contribution is -2.30. The van der Waals surface area contributed by atoms with E-state index in [-0.39, 0.29) is 0 Å². The molecule has 1 saturated carbocycles. The van der Waals surface area contributed by atoms with E-state index in [0.717, 1.165) is 5.25 Å². The first-order valence-electron chi connectivity index (χ1n) is 6.33. The number of thioether (sulfide) groups is 1. The van der Waals surface area contributed by atoms with Crippen LogP contribution in [-0.2, 0) is 0 Å². The number of hydrogen-bond donors (Lipinski definition) is 1. The van der Waals surface area contributed by atoms with Gasteiger partial charge in [-0.1, -0.05) is 0 Å². The molecule has 1 heterocycles. The summed E-state index contributed by atoms with van der Waals surface area (Å²) in [4.78, 5) is 6.01. The van der Waals surface area contributed by atoms with Gasteiger partial charge in [-0.2, -0.15) is 11.8 Å². The van der Waals surface area contributed by atoms with Crippen LogP contribution < -0.4 is 5.32 Å². The van der Waals surface area contributed by atoms with E-state index in [2.05, 4.69) is 37.3 Å². The lowest BCUT2D eigenvalue weighted by atomic mass is 10.1. The van der Waals surface area contributed by atoms with Crippen molar-refractivity contribution in [2.24, 2.45) is 0 Å². The maximum Gasteiger partial charge on any atom is 0.0900 e. The third kappa shape index (κ3) is 3.24. The quantitative estimate of drug-likeness (QED) is 0.903. The van der Waals surface area contributed by atoms with E-state index < -0.39 is 0 Å². The molecule has 3 unspecified atom stereocenters. The van der Waals surface area contributed by atoms with Crippen molar-refractivity contribution in [3.8, 4) is 0 Å². The van der Waals surface area contributed by atoms with E-state index in [1.54, 1.807) is 11.3 Å². The molecule has 1 N–H and O–H groups in total. The smallest absolute Gasteiger partial charge is 0.0900 e. The summed E-state index contributed by atoms with van der Waals surface area (Å²) in [6.45, 7) is 6.51. The van der Waals surface area contributed by atoms with Crippen molar-refractivity contribution in [3.63, 3.8) is 0 Å². The number of hydrogen-bond acceptors (Lipinski definition) is 4. The summed E-state index contributed by atoms with van der Waals surface area (Å²) in [5, 5.41) is 5.78. The Morgan fingerprint density at radius 2 is 2.18 bits per heavy atom. The van der Waals surface area contributed by atoms with Crippen molar-refractivity contribution >= 4 is 23.1 Å². The summed E-state index contributed by atoms with van der Waals surface area (Å²) in [6, 6.07) is 1.08. The van der Waals surface area contributed by atoms with Crippen LogP contribution in [0.25, 0.3) is 0 Å². The van der Waals surface area contributed by atoms with Gasteiger partial charge in [-0.05, 0) is 46.3 Å². The maximum absolute atomic E-state index is 4.64. The van der Waals surface area contributed by atoms with E-state index in [0.29, 0.717) is 12.1 Å². The van der Waals surface area contributed by atoms with Crippen molar-refractivity contribution in [2.45, 2.75) is 57.4 Å². The zero-order valence-electron chi connectivity index (χ0n) is 11.1. The molecule has 2 rings (SSSR count). The molecule has 1 aromatic rings. The Labute approximate surface area is 113 Å². The standard InChI is InChI=1S/C13H22N2S2/c1-8(13-9(2)17-10(3)15-13)14-11-5-6-12(7-11)16-4/h8,11-12,14H,5-7H2,1-4H3. The Bertz CT molecular complexity index is 375. The molecule has 0 aliphatic heterocycles. The summed E-state index contributed by atoms with van der Waals surface area (Å²) in [5.74, 6) is 0. The molecule has 1 aromatic heterocycles. The SMILES string of the molecule is CSC1CCC(NC(C)c2nc(C)sc2C)C1. The van der Waals surface area contributed by atoms with Gasteiger partial charge in [-0.25, -0.2) is 4.98 Å². The topological polar surface area (TPSA) is 24.9 Å². The van der Waals surface area contributed by atoms with E-state index in [9.17, 15) is 0 Å². The van der Waals surface area contributed by atoms with Crippen LogP contribution >= 0.6 is 23.1 Å². The second kappa shape index (κ2) is 5.72. The fourth-order valence-electron chi connectivity index (χ4n) is 2.68. The molecule has 0 saturated heterocycles. The average Bonchev–Trinajstić information content (AvgIpc) is 2.85. The Balaban J connectivity index is 1.93. The third-order valence-electron chi connectivity index (χ3n) is 3.55. The number of rotatable bonds is 4. The maximum atomic E-state index is 4.64. The van der Waals surface area contributed by atoms with Crippen molar-refractivity contribution in [3.05, 3.63) is 15.6 Å². The highest BCUT2D eigenvalue weighted by Crippen LogP contribution is 2.30. The summed E-state index contributed by atoms with van der Waals surface area (Å²) >= 11 is 3.82. The normalized spacial score (nSPS) is 26.4. The lowest BCUT2D eigenvalue weighted by Gasteiger charge is -2.18. The summed E-state index contributed by atoms with van der Waals surface area (Å²) in [5.41, 5.74) is 1.25.